The lowest BCUT2D eigenvalue weighted by molar-refractivity contribution is -0.163. The molecule has 168 valence electrons. The number of hydrogen-bond acceptors (Lipinski definition) is 6. The van der Waals surface area contributed by atoms with Gasteiger partial charge in [0, 0.05) is 25.9 Å². The molecule has 8 heteroatoms. The van der Waals surface area contributed by atoms with Crippen LogP contribution in [0.15, 0.2) is 47.4 Å². The molecule has 2 aromatic carbocycles. The normalized spacial score (nSPS) is 24.8. The Hall–Kier alpha value is -2.13. The van der Waals surface area contributed by atoms with E-state index < -0.39 is 15.6 Å². The molecule has 2 aliphatic heterocycles. The van der Waals surface area contributed by atoms with Gasteiger partial charge in [-0.05, 0) is 36.8 Å². The third-order valence-corrected chi connectivity index (χ3v) is 7.95. The fraction of sp³-hybridized carbons (Fsp3) is 0.478. The first kappa shape index (κ1) is 22.1. The second kappa shape index (κ2) is 8.78. The molecule has 0 N–H and O–H groups in total. The van der Waals surface area contributed by atoms with Gasteiger partial charge in [0.15, 0.2) is 11.5 Å². The van der Waals surface area contributed by atoms with Crippen molar-refractivity contribution >= 4 is 10.0 Å². The number of aryl methyl sites for hydroxylation is 1. The van der Waals surface area contributed by atoms with Crippen LogP contribution in [0.2, 0.25) is 0 Å². The van der Waals surface area contributed by atoms with Crippen LogP contribution in [0, 0.1) is 6.92 Å². The number of hydrogen-bond donors (Lipinski definition) is 0. The van der Waals surface area contributed by atoms with Crippen molar-refractivity contribution in [2.45, 2.75) is 36.4 Å². The van der Waals surface area contributed by atoms with Crippen LogP contribution >= 0.6 is 0 Å². The van der Waals surface area contributed by atoms with Crippen LogP contribution in [0.3, 0.4) is 0 Å². The quantitative estimate of drug-likeness (QED) is 0.700. The number of benzene rings is 2. The largest absolute Gasteiger partial charge is 0.493 e. The molecule has 0 aliphatic carbocycles. The Morgan fingerprint density at radius 1 is 1.03 bits per heavy atom. The average Bonchev–Trinajstić information content (AvgIpc) is 2.79. The fourth-order valence-corrected chi connectivity index (χ4v) is 5.80. The smallest absolute Gasteiger partial charge is 0.243 e. The third kappa shape index (κ3) is 4.43. The number of sulfonamides is 1. The van der Waals surface area contributed by atoms with Crippen molar-refractivity contribution in [3.8, 4) is 11.5 Å². The molecule has 0 saturated carbocycles. The first-order chi connectivity index (χ1) is 14.9. The maximum atomic E-state index is 13.2. The van der Waals surface area contributed by atoms with Gasteiger partial charge in [-0.25, -0.2) is 8.42 Å². The zero-order valence-corrected chi connectivity index (χ0v) is 19.0. The maximum Gasteiger partial charge on any atom is 0.243 e. The van der Waals surface area contributed by atoms with Gasteiger partial charge in [-0.15, -0.1) is 0 Å². The summed E-state index contributed by atoms with van der Waals surface area (Å²) in [5, 5.41) is 0. The SMILES string of the molecule is COc1ccc([C@@H]2C[C@@]3(CCO2)CN(S(=O)(=O)c2ccc(C)cc2)CCO3)cc1OC. The van der Waals surface area contributed by atoms with Crippen LogP contribution in [0.25, 0.3) is 0 Å². The summed E-state index contributed by atoms with van der Waals surface area (Å²) in [5.41, 5.74) is 1.41. The molecule has 0 unspecified atom stereocenters. The Morgan fingerprint density at radius 3 is 2.48 bits per heavy atom. The minimum absolute atomic E-state index is 0.212. The summed E-state index contributed by atoms with van der Waals surface area (Å²) in [6.45, 7) is 3.47. The number of morpholine rings is 1. The van der Waals surface area contributed by atoms with Crippen molar-refractivity contribution in [2.24, 2.45) is 0 Å². The number of methoxy groups -OCH3 is 2. The highest BCUT2D eigenvalue weighted by atomic mass is 32.2. The minimum Gasteiger partial charge on any atom is -0.493 e. The zero-order valence-electron chi connectivity index (χ0n) is 18.2. The van der Waals surface area contributed by atoms with Crippen LogP contribution in [0.5, 0.6) is 11.5 Å². The topological polar surface area (TPSA) is 74.3 Å². The van der Waals surface area contributed by atoms with Gasteiger partial charge >= 0.3 is 0 Å². The molecule has 2 heterocycles. The van der Waals surface area contributed by atoms with Gasteiger partial charge in [0.05, 0.1) is 44.0 Å². The molecule has 31 heavy (non-hydrogen) atoms. The molecule has 7 nitrogen and oxygen atoms in total. The number of ether oxygens (including phenoxy) is 4. The molecular weight excluding hydrogens is 418 g/mol. The lowest BCUT2D eigenvalue weighted by Crippen LogP contribution is -2.56. The molecule has 0 amide bonds. The summed E-state index contributed by atoms with van der Waals surface area (Å²) < 4.78 is 51.0. The van der Waals surface area contributed by atoms with Crippen LogP contribution in [0.4, 0.5) is 0 Å². The molecular formula is C23H29NO6S. The minimum atomic E-state index is -3.58. The van der Waals surface area contributed by atoms with Crippen molar-refractivity contribution in [2.75, 3.05) is 40.5 Å². The van der Waals surface area contributed by atoms with Crippen molar-refractivity contribution in [3.05, 3.63) is 53.6 Å². The first-order valence-corrected chi connectivity index (χ1v) is 11.9. The molecule has 0 aromatic heterocycles. The zero-order chi connectivity index (χ0) is 22.1. The van der Waals surface area contributed by atoms with E-state index in [0.29, 0.717) is 55.5 Å². The monoisotopic (exact) mass is 447 g/mol. The van der Waals surface area contributed by atoms with Crippen molar-refractivity contribution in [1.29, 1.82) is 0 Å². The standard InChI is InChI=1S/C23H29NO6S/c1-17-4-7-19(8-5-17)31(25,26)24-11-13-30-23(16-24)10-12-29-22(15-23)18-6-9-20(27-2)21(14-18)28-3/h4-9,14,22H,10-13,15-16H2,1-3H3/t22-,23-/m0/s1. The van der Waals surface area contributed by atoms with Crippen LogP contribution in [-0.2, 0) is 19.5 Å². The summed E-state index contributed by atoms with van der Waals surface area (Å²) >= 11 is 0. The Morgan fingerprint density at radius 2 is 1.77 bits per heavy atom. The predicted octanol–water partition coefficient (Wildman–Crippen LogP) is 3.32. The average molecular weight is 448 g/mol. The second-order valence-electron chi connectivity index (χ2n) is 8.11. The van der Waals surface area contributed by atoms with Gasteiger partial charge in [-0.2, -0.15) is 4.31 Å². The molecule has 2 aliphatic rings. The molecule has 2 atom stereocenters. The lowest BCUT2D eigenvalue weighted by Gasteiger charge is -2.46. The van der Waals surface area contributed by atoms with Crippen LogP contribution in [-0.4, -0.2) is 58.8 Å². The Labute approximate surface area is 183 Å². The van der Waals surface area contributed by atoms with E-state index in [4.69, 9.17) is 18.9 Å². The summed E-state index contributed by atoms with van der Waals surface area (Å²) in [5.74, 6) is 1.29. The number of nitrogens with zero attached hydrogens (tertiary/aromatic N) is 1. The third-order valence-electron chi connectivity index (χ3n) is 6.09. The number of rotatable bonds is 5. The fourth-order valence-electron chi connectivity index (χ4n) is 4.30. The molecule has 2 saturated heterocycles. The van der Waals surface area contributed by atoms with Crippen LogP contribution in [0.1, 0.15) is 30.1 Å². The molecule has 4 rings (SSSR count). The Bertz CT molecular complexity index is 1020. The van der Waals surface area contributed by atoms with Crippen LogP contribution < -0.4 is 9.47 Å². The highest BCUT2D eigenvalue weighted by Gasteiger charge is 2.45. The van der Waals surface area contributed by atoms with Gasteiger partial charge in [0.2, 0.25) is 10.0 Å². The first-order valence-electron chi connectivity index (χ1n) is 10.4. The van der Waals surface area contributed by atoms with Gasteiger partial charge in [-0.1, -0.05) is 23.8 Å². The highest BCUT2D eigenvalue weighted by Crippen LogP contribution is 2.41. The van der Waals surface area contributed by atoms with Crippen molar-refractivity contribution < 1.29 is 27.4 Å². The Kier molecular flexibility index (Phi) is 6.25. The van der Waals surface area contributed by atoms with Gasteiger partial charge in [0.1, 0.15) is 0 Å². The lowest BCUT2D eigenvalue weighted by atomic mass is 9.86. The van der Waals surface area contributed by atoms with E-state index >= 15 is 0 Å². The van der Waals surface area contributed by atoms with E-state index in [1.54, 1.807) is 30.7 Å². The van der Waals surface area contributed by atoms with Crippen molar-refractivity contribution in [3.63, 3.8) is 0 Å². The van der Waals surface area contributed by atoms with E-state index in [0.717, 1.165) is 11.1 Å². The summed E-state index contributed by atoms with van der Waals surface area (Å²) in [7, 11) is -0.380. The molecule has 1 spiro atoms. The van der Waals surface area contributed by atoms with E-state index in [-0.39, 0.29) is 6.10 Å². The summed E-state index contributed by atoms with van der Waals surface area (Å²) in [6.07, 6.45) is 1.01. The van der Waals surface area contributed by atoms with Crippen molar-refractivity contribution in [1.82, 2.24) is 4.31 Å². The maximum absolute atomic E-state index is 13.2. The Balaban J connectivity index is 1.55. The van der Waals surface area contributed by atoms with E-state index in [1.807, 2.05) is 37.3 Å². The van der Waals surface area contributed by atoms with E-state index in [1.165, 1.54) is 0 Å². The van der Waals surface area contributed by atoms with Gasteiger partial charge in [-0.3, -0.25) is 0 Å². The molecule has 2 fully saturated rings. The van der Waals surface area contributed by atoms with Gasteiger partial charge in [0.25, 0.3) is 0 Å². The highest BCUT2D eigenvalue weighted by molar-refractivity contribution is 7.89. The van der Waals surface area contributed by atoms with E-state index in [9.17, 15) is 8.42 Å². The molecule has 2 aromatic rings. The molecule has 0 radical (unpaired) electrons. The molecule has 0 bridgehead atoms. The second-order valence-corrected chi connectivity index (χ2v) is 10.0. The summed E-state index contributed by atoms with van der Waals surface area (Å²) in [4.78, 5) is 0.318. The van der Waals surface area contributed by atoms with Gasteiger partial charge < -0.3 is 18.9 Å². The predicted molar refractivity (Wildman–Crippen MR) is 116 cm³/mol. The summed E-state index contributed by atoms with van der Waals surface area (Å²) in [6, 6.07) is 12.7. The van der Waals surface area contributed by atoms with E-state index in [2.05, 4.69) is 0 Å².